The molecule has 2 rings (SSSR count). The Balaban J connectivity index is 2.07. The van der Waals surface area contributed by atoms with Gasteiger partial charge < -0.3 is 15.0 Å². The number of aryl methyl sites for hydroxylation is 1. The van der Waals surface area contributed by atoms with Crippen LogP contribution in [0.3, 0.4) is 0 Å². The summed E-state index contributed by atoms with van der Waals surface area (Å²) in [7, 11) is 1.64. The summed E-state index contributed by atoms with van der Waals surface area (Å²) >= 11 is 1.56. The Labute approximate surface area is 190 Å². The number of amides is 2. The van der Waals surface area contributed by atoms with Crippen LogP contribution in [0.15, 0.2) is 48.5 Å². The summed E-state index contributed by atoms with van der Waals surface area (Å²) in [5.74, 6) is 1.78. The van der Waals surface area contributed by atoms with Crippen LogP contribution in [0, 0.1) is 6.92 Å². The van der Waals surface area contributed by atoms with Crippen molar-refractivity contribution >= 4 is 23.6 Å². The molecule has 0 aliphatic carbocycles. The third-order valence-corrected chi connectivity index (χ3v) is 6.05. The second kappa shape index (κ2) is 13.1. The Hall–Kier alpha value is -2.47. The van der Waals surface area contributed by atoms with Gasteiger partial charge in [0.1, 0.15) is 11.8 Å². The molecule has 0 aromatic heterocycles. The maximum atomic E-state index is 13.2. The van der Waals surface area contributed by atoms with Crippen molar-refractivity contribution in [1.29, 1.82) is 0 Å². The standard InChI is InChI=1S/C25H34N2O3S/c1-5-15-26-25(29)23(6-2)27(16-20-9-7-19(3)8-10-20)24(28)18-31-17-21-11-13-22(30-4)14-12-21/h7-14,23H,5-6,15-18H2,1-4H3,(H,26,29). The molecule has 31 heavy (non-hydrogen) atoms. The maximum Gasteiger partial charge on any atom is 0.242 e. The summed E-state index contributed by atoms with van der Waals surface area (Å²) in [6, 6.07) is 15.5. The molecular formula is C25H34N2O3S. The Morgan fingerprint density at radius 1 is 1.03 bits per heavy atom. The Kier molecular flexibility index (Phi) is 10.4. The van der Waals surface area contributed by atoms with Crippen molar-refractivity contribution in [1.82, 2.24) is 10.2 Å². The van der Waals surface area contributed by atoms with Gasteiger partial charge in [-0.3, -0.25) is 9.59 Å². The van der Waals surface area contributed by atoms with E-state index in [-0.39, 0.29) is 11.8 Å². The minimum Gasteiger partial charge on any atom is -0.497 e. The molecule has 0 saturated heterocycles. The lowest BCUT2D eigenvalue weighted by Gasteiger charge is -2.30. The predicted octanol–water partition coefficient (Wildman–Crippen LogP) is 4.57. The number of nitrogens with zero attached hydrogens (tertiary/aromatic N) is 1. The maximum absolute atomic E-state index is 13.2. The van der Waals surface area contributed by atoms with E-state index in [1.165, 1.54) is 5.56 Å². The van der Waals surface area contributed by atoms with Crippen LogP contribution in [0.4, 0.5) is 0 Å². The van der Waals surface area contributed by atoms with E-state index in [1.807, 2.05) is 69.3 Å². The molecule has 1 atom stereocenters. The molecule has 1 N–H and O–H groups in total. The van der Waals surface area contributed by atoms with Gasteiger partial charge >= 0.3 is 0 Å². The Morgan fingerprint density at radius 3 is 2.26 bits per heavy atom. The molecule has 0 fully saturated rings. The smallest absolute Gasteiger partial charge is 0.242 e. The molecule has 2 aromatic rings. The van der Waals surface area contributed by atoms with Crippen molar-refractivity contribution in [2.75, 3.05) is 19.4 Å². The topological polar surface area (TPSA) is 58.6 Å². The summed E-state index contributed by atoms with van der Waals surface area (Å²) in [6.45, 7) is 7.06. The third kappa shape index (κ3) is 7.94. The van der Waals surface area contributed by atoms with Crippen molar-refractivity contribution in [2.45, 2.75) is 52.0 Å². The second-order valence-corrected chi connectivity index (χ2v) is 8.55. The number of carbonyl (C=O) groups is 2. The number of hydrogen-bond acceptors (Lipinski definition) is 4. The predicted molar refractivity (Wildman–Crippen MR) is 128 cm³/mol. The molecule has 6 heteroatoms. The highest BCUT2D eigenvalue weighted by molar-refractivity contribution is 7.99. The lowest BCUT2D eigenvalue weighted by molar-refractivity contribution is -0.139. The van der Waals surface area contributed by atoms with E-state index in [1.54, 1.807) is 23.8 Å². The molecular weight excluding hydrogens is 408 g/mol. The highest BCUT2D eigenvalue weighted by Gasteiger charge is 2.28. The van der Waals surface area contributed by atoms with E-state index in [4.69, 9.17) is 4.74 Å². The molecule has 0 radical (unpaired) electrons. The fourth-order valence-electron chi connectivity index (χ4n) is 3.24. The fourth-order valence-corrected chi connectivity index (χ4v) is 4.11. The zero-order valence-electron chi connectivity index (χ0n) is 19.0. The van der Waals surface area contributed by atoms with Gasteiger partial charge in [-0.25, -0.2) is 0 Å². The first kappa shape index (κ1) is 24.8. The number of hydrogen-bond donors (Lipinski definition) is 1. The van der Waals surface area contributed by atoms with Crippen LogP contribution >= 0.6 is 11.8 Å². The van der Waals surface area contributed by atoms with Gasteiger partial charge in [0, 0.05) is 18.8 Å². The summed E-state index contributed by atoms with van der Waals surface area (Å²) in [4.78, 5) is 27.7. The van der Waals surface area contributed by atoms with E-state index in [2.05, 4.69) is 5.32 Å². The van der Waals surface area contributed by atoms with Gasteiger partial charge in [0.15, 0.2) is 0 Å². The average molecular weight is 443 g/mol. The number of carbonyl (C=O) groups excluding carboxylic acids is 2. The first-order valence-electron chi connectivity index (χ1n) is 10.8. The van der Waals surface area contributed by atoms with E-state index in [0.717, 1.165) is 29.1 Å². The molecule has 0 heterocycles. The number of nitrogens with one attached hydrogen (secondary N) is 1. The number of benzene rings is 2. The molecule has 5 nitrogen and oxygen atoms in total. The van der Waals surface area contributed by atoms with Crippen LogP contribution in [0.1, 0.15) is 43.4 Å². The summed E-state index contributed by atoms with van der Waals surface area (Å²) in [6.07, 6.45) is 1.45. The van der Waals surface area contributed by atoms with Gasteiger partial charge in [-0.15, -0.1) is 11.8 Å². The number of ether oxygens (including phenoxy) is 1. The molecule has 168 valence electrons. The van der Waals surface area contributed by atoms with E-state index in [9.17, 15) is 9.59 Å². The molecule has 2 amide bonds. The van der Waals surface area contributed by atoms with Gasteiger partial charge in [-0.2, -0.15) is 0 Å². The van der Waals surface area contributed by atoms with Crippen molar-refractivity contribution in [3.05, 3.63) is 65.2 Å². The molecule has 0 aliphatic rings. The van der Waals surface area contributed by atoms with Gasteiger partial charge in [-0.1, -0.05) is 55.8 Å². The summed E-state index contributed by atoms with van der Waals surface area (Å²) in [5.41, 5.74) is 3.33. The summed E-state index contributed by atoms with van der Waals surface area (Å²) in [5, 5.41) is 2.95. The lowest BCUT2D eigenvalue weighted by atomic mass is 10.1. The van der Waals surface area contributed by atoms with Crippen LogP contribution in [-0.2, 0) is 21.9 Å². The van der Waals surface area contributed by atoms with Gasteiger partial charge in [-0.05, 0) is 43.0 Å². The quantitative estimate of drug-likeness (QED) is 0.523. The molecule has 0 aliphatic heterocycles. The van der Waals surface area contributed by atoms with Gasteiger partial charge in [0.25, 0.3) is 0 Å². The molecule has 0 bridgehead atoms. The zero-order chi connectivity index (χ0) is 22.6. The Morgan fingerprint density at radius 2 is 1.68 bits per heavy atom. The highest BCUT2D eigenvalue weighted by Crippen LogP contribution is 2.19. The van der Waals surface area contributed by atoms with Gasteiger partial charge in [0.05, 0.1) is 12.9 Å². The molecule has 1 unspecified atom stereocenters. The van der Waals surface area contributed by atoms with E-state index in [0.29, 0.717) is 25.3 Å². The SMILES string of the molecule is CCCNC(=O)C(CC)N(Cc1ccc(C)cc1)C(=O)CSCc1ccc(OC)cc1. The number of rotatable bonds is 12. The van der Waals surface area contributed by atoms with Crippen molar-refractivity contribution in [3.63, 3.8) is 0 Å². The van der Waals surface area contributed by atoms with Crippen LogP contribution < -0.4 is 10.1 Å². The lowest BCUT2D eigenvalue weighted by Crippen LogP contribution is -2.49. The van der Waals surface area contributed by atoms with Crippen molar-refractivity contribution < 1.29 is 14.3 Å². The summed E-state index contributed by atoms with van der Waals surface area (Å²) < 4.78 is 5.19. The normalized spacial score (nSPS) is 11.6. The molecule has 0 spiro atoms. The monoisotopic (exact) mass is 442 g/mol. The van der Waals surface area contributed by atoms with Crippen LogP contribution in [0.5, 0.6) is 5.75 Å². The highest BCUT2D eigenvalue weighted by atomic mass is 32.2. The van der Waals surface area contributed by atoms with Crippen molar-refractivity contribution in [3.8, 4) is 5.75 Å². The molecule has 0 saturated carbocycles. The minimum atomic E-state index is -0.470. The average Bonchev–Trinajstić information content (AvgIpc) is 2.79. The second-order valence-electron chi connectivity index (χ2n) is 7.56. The van der Waals surface area contributed by atoms with Crippen molar-refractivity contribution in [2.24, 2.45) is 0 Å². The Bertz CT molecular complexity index is 822. The van der Waals surface area contributed by atoms with Crippen LogP contribution in [0.25, 0.3) is 0 Å². The van der Waals surface area contributed by atoms with Gasteiger partial charge in [0.2, 0.25) is 11.8 Å². The van der Waals surface area contributed by atoms with Crippen LogP contribution in [-0.4, -0.2) is 42.2 Å². The van der Waals surface area contributed by atoms with Crippen LogP contribution in [0.2, 0.25) is 0 Å². The van der Waals surface area contributed by atoms with E-state index < -0.39 is 6.04 Å². The third-order valence-electron chi connectivity index (χ3n) is 5.06. The first-order chi connectivity index (χ1) is 15.0. The fraction of sp³-hybridized carbons (Fsp3) is 0.440. The largest absolute Gasteiger partial charge is 0.497 e. The molecule has 2 aromatic carbocycles. The van der Waals surface area contributed by atoms with E-state index >= 15 is 0 Å². The number of methoxy groups -OCH3 is 1. The first-order valence-corrected chi connectivity index (χ1v) is 12.0. The number of thioether (sulfide) groups is 1. The zero-order valence-corrected chi connectivity index (χ0v) is 19.8. The minimum absolute atomic E-state index is 0.0161.